The van der Waals surface area contributed by atoms with Gasteiger partial charge >= 0.3 is 0 Å². The number of carbonyl (C=O) groups excluding carboxylic acids is 1. The van der Waals surface area contributed by atoms with Crippen molar-refractivity contribution in [2.24, 2.45) is 5.92 Å². The molecule has 1 N–H and O–H groups in total. The quantitative estimate of drug-likeness (QED) is 0.543. The highest BCUT2D eigenvalue weighted by Crippen LogP contribution is 2.24. The predicted octanol–water partition coefficient (Wildman–Crippen LogP) is 4.02. The number of hydrogen-bond acceptors (Lipinski definition) is 3. The summed E-state index contributed by atoms with van der Waals surface area (Å²) in [6.07, 6.45) is 9.65. The lowest BCUT2D eigenvalue weighted by Gasteiger charge is -2.16. The number of fused-ring (bicyclic) bond motifs is 1. The SMILES string of the molecule is CC(C)[C@@H](C)NC(=O)c1nc(-c2ccn(Cc3cccnc3)c2)n2ccccc12. The van der Waals surface area contributed by atoms with Crippen LogP contribution in [0.5, 0.6) is 0 Å². The molecule has 4 rings (SSSR count). The Morgan fingerprint density at radius 2 is 1.97 bits per heavy atom. The van der Waals surface area contributed by atoms with Crippen molar-refractivity contribution in [2.45, 2.75) is 33.4 Å². The number of rotatable bonds is 6. The average Bonchev–Trinajstić information content (AvgIpc) is 3.33. The molecule has 6 nitrogen and oxygen atoms in total. The maximum absolute atomic E-state index is 12.9. The summed E-state index contributed by atoms with van der Waals surface area (Å²) in [4.78, 5) is 21.8. The Balaban J connectivity index is 1.67. The maximum Gasteiger partial charge on any atom is 0.272 e. The molecule has 6 heteroatoms. The molecule has 4 heterocycles. The summed E-state index contributed by atoms with van der Waals surface area (Å²) in [7, 11) is 0. The zero-order valence-electron chi connectivity index (χ0n) is 16.9. The molecular weight excluding hydrogens is 362 g/mol. The average molecular weight is 387 g/mol. The molecule has 1 atom stereocenters. The van der Waals surface area contributed by atoms with Gasteiger partial charge in [0, 0.05) is 49.1 Å². The summed E-state index contributed by atoms with van der Waals surface area (Å²) >= 11 is 0. The van der Waals surface area contributed by atoms with Gasteiger partial charge < -0.3 is 9.88 Å². The molecule has 0 saturated heterocycles. The van der Waals surface area contributed by atoms with Gasteiger partial charge in [0.25, 0.3) is 5.91 Å². The summed E-state index contributed by atoms with van der Waals surface area (Å²) in [5.74, 6) is 0.970. The zero-order chi connectivity index (χ0) is 20.4. The Bertz CT molecular complexity index is 1130. The molecule has 0 saturated carbocycles. The molecule has 0 unspecified atom stereocenters. The van der Waals surface area contributed by atoms with Crippen LogP contribution < -0.4 is 5.32 Å². The molecule has 0 aliphatic rings. The summed E-state index contributed by atoms with van der Waals surface area (Å²) in [6.45, 7) is 6.93. The Hall–Kier alpha value is -3.41. The molecule has 0 spiro atoms. The molecule has 148 valence electrons. The third kappa shape index (κ3) is 3.92. The van der Waals surface area contributed by atoms with Crippen LogP contribution in [0.1, 0.15) is 36.8 Å². The molecule has 0 aromatic carbocycles. The highest BCUT2D eigenvalue weighted by Gasteiger charge is 2.20. The molecule has 0 aliphatic heterocycles. The van der Waals surface area contributed by atoms with Gasteiger partial charge in [-0.05, 0) is 42.7 Å². The number of pyridine rings is 2. The van der Waals surface area contributed by atoms with E-state index in [2.05, 4.69) is 34.8 Å². The molecule has 29 heavy (non-hydrogen) atoms. The van der Waals surface area contributed by atoms with Crippen LogP contribution in [0.3, 0.4) is 0 Å². The first-order valence-corrected chi connectivity index (χ1v) is 9.86. The number of carbonyl (C=O) groups is 1. The van der Waals surface area contributed by atoms with Crippen molar-refractivity contribution < 1.29 is 4.79 Å². The lowest BCUT2D eigenvalue weighted by molar-refractivity contribution is 0.0927. The maximum atomic E-state index is 12.9. The monoisotopic (exact) mass is 387 g/mol. The zero-order valence-corrected chi connectivity index (χ0v) is 16.9. The first kappa shape index (κ1) is 18.9. The minimum atomic E-state index is -0.143. The number of nitrogens with one attached hydrogen (secondary N) is 1. The van der Waals surface area contributed by atoms with Crippen molar-refractivity contribution in [3.05, 3.63) is 78.6 Å². The van der Waals surface area contributed by atoms with Crippen LogP contribution in [0.4, 0.5) is 0 Å². The van der Waals surface area contributed by atoms with E-state index < -0.39 is 0 Å². The second-order valence-corrected chi connectivity index (χ2v) is 7.68. The second-order valence-electron chi connectivity index (χ2n) is 7.68. The van der Waals surface area contributed by atoms with Gasteiger partial charge in [-0.2, -0.15) is 0 Å². The minimum Gasteiger partial charge on any atom is -0.349 e. The number of nitrogens with zero attached hydrogens (tertiary/aromatic N) is 4. The molecule has 4 aromatic heterocycles. The van der Waals surface area contributed by atoms with Crippen LogP contribution >= 0.6 is 0 Å². The molecule has 0 aliphatic carbocycles. The van der Waals surface area contributed by atoms with Gasteiger partial charge in [0.1, 0.15) is 5.82 Å². The summed E-state index contributed by atoms with van der Waals surface area (Å²) < 4.78 is 4.07. The number of amides is 1. The van der Waals surface area contributed by atoms with Crippen molar-refractivity contribution in [3.8, 4) is 11.4 Å². The van der Waals surface area contributed by atoms with Crippen LogP contribution in [-0.2, 0) is 6.54 Å². The molecule has 0 bridgehead atoms. The van der Waals surface area contributed by atoms with Crippen molar-refractivity contribution >= 4 is 11.4 Å². The summed E-state index contributed by atoms with van der Waals surface area (Å²) in [5, 5.41) is 3.06. The van der Waals surface area contributed by atoms with Crippen molar-refractivity contribution in [2.75, 3.05) is 0 Å². The van der Waals surface area contributed by atoms with E-state index in [0.717, 1.165) is 29.0 Å². The van der Waals surface area contributed by atoms with Crippen LogP contribution in [-0.4, -0.2) is 30.9 Å². The Morgan fingerprint density at radius 3 is 2.72 bits per heavy atom. The van der Waals surface area contributed by atoms with Gasteiger partial charge in [-0.15, -0.1) is 0 Å². The second kappa shape index (κ2) is 7.91. The van der Waals surface area contributed by atoms with Crippen LogP contribution in [0.25, 0.3) is 16.9 Å². The topological polar surface area (TPSA) is 64.2 Å². The van der Waals surface area contributed by atoms with Crippen LogP contribution in [0, 0.1) is 5.92 Å². The van der Waals surface area contributed by atoms with E-state index in [0.29, 0.717) is 11.6 Å². The molecule has 4 aromatic rings. The van der Waals surface area contributed by atoms with Crippen molar-refractivity contribution in [3.63, 3.8) is 0 Å². The van der Waals surface area contributed by atoms with Gasteiger partial charge in [0.05, 0.1) is 5.52 Å². The van der Waals surface area contributed by atoms with E-state index in [1.165, 1.54) is 0 Å². The van der Waals surface area contributed by atoms with Gasteiger partial charge in [-0.25, -0.2) is 4.98 Å². The smallest absolute Gasteiger partial charge is 0.272 e. The van der Waals surface area contributed by atoms with Crippen molar-refractivity contribution in [1.82, 2.24) is 24.3 Å². The van der Waals surface area contributed by atoms with E-state index in [9.17, 15) is 4.79 Å². The first-order valence-electron chi connectivity index (χ1n) is 9.86. The summed E-state index contributed by atoms with van der Waals surface area (Å²) in [6, 6.07) is 11.9. The third-order valence-corrected chi connectivity index (χ3v) is 5.22. The summed E-state index contributed by atoms with van der Waals surface area (Å²) in [5.41, 5.74) is 3.35. The lowest BCUT2D eigenvalue weighted by Crippen LogP contribution is -2.36. The largest absolute Gasteiger partial charge is 0.349 e. The molecule has 0 radical (unpaired) electrons. The fourth-order valence-electron chi connectivity index (χ4n) is 3.22. The minimum absolute atomic E-state index is 0.0759. The molecule has 0 fully saturated rings. The predicted molar refractivity (Wildman–Crippen MR) is 114 cm³/mol. The third-order valence-electron chi connectivity index (χ3n) is 5.22. The van der Waals surface area contributed by atoms with Gasteiger partial charge in [-0.3, -0.25) is 14.2 Å². The Morgan fingerprint density at radius 1 is 1.10 bits per heavy atom. The molecule has 1 amide bonds. The van der Waals surface area contributed by atoms with E-state index in [-0.39, 0.29) is 11.9 Å². The van der Waals surface area contributed by atoms with Gasteiger partial charge in [-0.1, -0.05) is 26.0 Å². The van der Waals surface area contributed by atoms with Gasteiger partial charge in [0.2, 0.25) is 0 Å². The Kier molecular flexibility index (Phi) is 5.16. The molecular formula is C23H25N5O. The van der Waals surface area contributed by atoms with E-state index in [4.69, 9.17) is 4.98 Å². The highest BCUT2D eigenvalue weighted by molar-refractivity contribution is 6.00. The number of hydrogen-bond donors (Lipinski definition) is 1. The number of aromatic nitrogens is 4. The standard InChI is InChI=1S/C23H25N5O/c1-16(2)17(3)25-23(29)21-20-8-4-5-11-28(20)22(26-21)19-9-12-27(15-19)14-18-7-6-10-24-13-18/h4-13,15-17H,14H2,1-3H3,(H,25,29)/t17-/m1/s1. The lowest BCUT2D eigenvalue weighted by atomic mass is 10.1. The van der Waals surface area contributed by atoms with Crippen molar-refractivity contribution in [1.29, 1.82) is 0 Å². The Labute approximate surface area is 170 Å². The highest BCUT2D eigenvalue weighted by atomic mass is 16.2. The van der Waals surface area contributed by atoms with E-state index >= 15 is 0 Å². The number of imidazole rings is 1. The fraction of sp³-hybridized carbons (Fsp3) is 0.261. The van der Waals surface area contributed by atoms with E-state index in [1.807, 2.05) is 66.4 Å². The van der Waals surface area contributed by atoms with Gasteiger partial charge in [0.15, 0.2) is 5.69 Å². The first-order chi connectivity index (χ1) is 14.0. The van der Waals surface area contributed by atoms with E-state index in [1.54, 1.807) is 6.20 Å². The normalized spacial score (nSPS) is 12.4. The fourth-order valence-corrected chi connectivity index (χ4v) is 3.22. The van der Waals surface area contributed by atoms with Crippen LogP contribution in [0.15, 0.2) is 67.4 Å². The van der Waals surface area contributed by atoms with Crippen LogP contribution in [0.2, 0.25) is 0 Å².